The Hall–Kier alpha value is -3.40. The minimum Gasteiger partial charge on any atom is -0.496 e. The molecule has 0 radical (unpaired) electrons. The summed E-state index contributed by atoms with van der Waals surface area (Å²) in [5.41, 5.74) is 1.15. The molecule has 0 bridgehead atoms. The molecule has 3 fully saturated rings. The van der Waals surface area contributed by atoms with Crippen molar-refractivity contribution in [1.29, 1.82) is 0 Å². The third kappa shape index (κ3) is 5.01. The van der Waals surface area contributed by atoms with E-state index in [0.29, 0.717) is 31.0 Å². The predicted molar refractivity (Wildman–Crippen MR) is 139 cm³/mol. The van der Waals surface area contributed by atoms with Crippen LogP contribution >= 0.6 is 0 Å². The van der Waals surface area contributed by atoms with Crippen LogP contribution in [0.3, 0.4) is 0 Å². The van der Waals surface area contributed by atoms with Crippen molar-refractivity contribution in [3.63, 3.8) is 0 Å². The number of H-pyrrole nitrogens is 1. The van der Waals surface area contributed by atoms with Gasteiger partial charge in [0.25, 0.3) is 5.91 Å². The number of hydrogen-bond acceptors (Lipinski definition) is 6. The molecule has 2 aromatic rings. The summed E-state index contributed by atoms with van der Waals surface area (Å²) in [4.78, 5) is 57.4. The number of nitrogens with one attached hydrogen (secondary N) is 3. The maximum absolute atomic E-state index is 13.8. The first-order chi connectivity index (χ1) is 18.4. The molecule has 10 nitrogen and oxygen atoms in total. The minimum atomic E-state index is -0.988. The lowest BCUT2D eigenvalue weighted by atomic mass is 9.78. The first-order valence-corrected chi connectivity index (χ1v) is 13.6. The fraction of sp³-hybridized carbons (Fsp3) is 0.571. The van der Waals surface area contributed by atoms with Crippen LogP contribution in [0.2, 0.25) is 0 Å². The van der Waals surface area contributed by atoms with Gasteiger partial charge in [-0.1, -0.05) is 18.9 Å². The van der Waals surface area contributed by atoms with Crippen molar-refractivity contribution < 1.29 is 29.0 Å². The zero-order chi connectivity index (χ0) is 26.8. The second-order valence-electron chi connectivity index (χ2n) is 10.8. The second-order valence-corrected chi connectivity index (χ2v) is 10.8. The number of amides is 3. The highest BCUT2D eigenvalue weighted by atomic mass is 16.5. The van der Waals surface area contributed by atoms with E-state index in [1.54, 1.807) is 18.1 Å². The van der Waals surface area contributed by atoms with Crippen LogP contribution in [0.15, 0.2) is 24.3 Å². The summed E-state index contributed by atoms with van der Waals surface area (Å²) < 4.78 is 5.44. The number of rotatable bonds is 8. The lowest BCUT2D eigenvalue weighted by molar-refractivity contribution is -0.134. The predicted octanol–water partition coefficient (Wildman–Crippen LogP) is 1.77. The van der Waals surface area contributed by atoms with Crippen molar-refractivity contribution in [2.75, 3.05) is 26.8 Å². The number of ketones is 1. The molecule has 4 N–H and O–H groups in total. The minimum absolute atomic E-state index is 0.00512. The lowest BCUT2D eigenvalue weighted by Gasteiger charge is -2.31. The highest BCUT2D eigenvalue weighted by Crippen LogP contribution is 2.41. The highest BCUT2D eigenvalue weighted by molar-refractivity contribution is 6.02. The van der Waals surface area contributed by atoms with Crippen molar-refractivity contribution in [3.05, 3.63) is 30.0 Å². The molecule has 3 amide bonds. The average Bonchev–Trinajstić information content (AvgIpc) is 3.55. The van der Waals surface area contributed by atoms with Gasteiger partial charge in [0, 0.05) is 29.9 Å². The molecule has 3 heterocycles. The summed E-state index contributed by atoms with van der Waals surface area (Å²) in [6.07, 6.45) is 5.37. The molecule has 4 unspecified atom stereocenters. The van der Waals surface area contributed by atoms with E-state index in [-0.39, 0.29) is 30.1 Å². The fourth-order valence-corrected chi connectivity index (χ4v) is 6.58. The molecule has 1 aliphatic carbocycles. The quantitative estimate of drug-likeness (QED) is 0.415. The van der Waals surface area contributed by atoms with Crippen molar-refractivity contribution in [2.45, 2.75) is 57.0 Å². The molecule has 3 aliphatic rings. The number of aromatic amines is 1. The summed E-state index contributed by atoms with van der Waals surface area (Å²) in [5, 5.41) is 16.0. The summed E-state index contributed by atoms with van der Waals surface area (Å²) in [7, 11) is 1.58. The molecule has 5 rings (SSSR count). The smallest absolute Gasteiger partial charge is 0.271 e. The largest absolute Gasteiger partial charge is 0.496 e. The van der Waals surface area contributed by atoms with Gasteiger partial charge < -0.3 is 30.4 Å². The van der Waals surface area contributed by atoms with Crippen LogP contribution < -0.4 is 15.4 Å². The molecular formula is C28H36N4O6. The van der Waals surface area contributed by atoms with Crippen LogP contribution in [0.1, 0.15) is 55.4 Å². The maximum Gasteiger partial charge on any atom is 0.271 e. The van der Waals surface area contributed by atoms with Gasteiger partial charge in [0.15, 0.2) is 5.78 Å². The van der Waals surface area contributed by atoms with Crippen molar-refractivity contribution >= 4 is 34.4 Å². The highest BCUT2D eigenvalue weighted by Gasteiger charge is 2.49. The standard InChI is InChI=1S/C28H36N4O6/c1-38-24-10-4-9-20-19(24)13-22(30-20)28(37)32-14-17-6-2-3-8-18(17)25(32)27(36)31-21(23(34)15-33)12-16-7-5-11-29-26(16)35/h4,9-10,13,16-18,21,25,30,33H,2-3,5-8,11-12,14-15H2,1H3,(H,29,35)(H,31,36)/t16?,17?,18?,21?,25-/m1/s1. The zero-order valence-electron chi connectivity index (χ0n) is 21.7. The number of likely N-dealkylation sites (tertiary alicyclic amines) is 1. The molecule has 204 valence electrons. The summed E-state index contributed by atoms with van der Waals surface area (Å²) in [5.74, 6) is -0.892. The summed E-state index contributed by atoms with van der Waals surface area (Å²) >= 11 is 0. The van der Waals surface area contributed by atoms with Crippen molar-refractivity contribution in [2.24, 2.45) is 17.8 Å². The molecule has 2 aliphatic heterocycles. The number of carbonyl (C=O) groups is 4. The van der Waals surface area contributed by atoms with E-state index in [1.807, 2.05) is 18.2 Å². The molecule has 1 saturated carbocycles. The van der Waals surface area contributed by atoms with Gasteiger partial charge in [-0.2, -0.15) is 0 Å². The van der Waals surface area contributed by atoms with Gasteiger partial charge in [0.2, 0.25) is 11.8 Å². The number of piperidine rings is 1. The first kappa shape index (κ1) is 26.2. The number of hydrogen-bond donors (Lipinski definition) is 4. The topological polar surface area (TPSA) is 141 Å². The van der Waals surface area contributed by atoms with Crippen LogP contribution in [-0.2, 0) is 14.4 Å². The Labute approximate surface area is 221 Å². The Morgan fingerprint density at radius 1 is 1.18 bits per heavy atom. The summed E-state index contributed by atoms with van der Waals surface area (Å²) in [6.45, 7) is 0.343. The Morgan fingerprint density at radius 2 is 2.00 bits per heavy atom. The Kier molecular flexibility index (Phi) is 7.69. The van der Waals surface area contributed by atoms with E-state index >= 15 is 0 Å². The molecule has 1 aromatic carbocycles. The molecule has 5 atom stereocenters. The Morgan fingerprint density at radius 3 is 2.76 bits per heavy atom. The molecule has 10 heteroatoms. The zero-order valence-corrected chi connectivity index (χ0v) is 21.7. The number of nitrogens with zero attached hydrogens (tertiary/aromatic N) is 1. The number of ether oxygens (including phenoxy) is 1. The van der Waals surface area contributed by atoms with Gasteiger partial charge in [0.05, 0.1) is 13.2 Å². The van der Waals surface area contributed by atoms with Crippen LogP contribution in [0.5, 0.6) is 5.75 Å². The number of aromatic nitrogens is 1. The molecular weight excluding hydrogens is 488 g/mol. The maximum atomic E-state index is 13.8. The van der Waals surface area contributed by atoms with Crippen LogP contribution in [0, 0.1) is 17.8 Å². The monoisotopic (exact) mass is 524 g/mol. The van der Waals surface area contributed by atoms with Crippen LogP contribution in [0.4, 0.5) is 0 Å². The van der Waals surface area contributed by atoms with Gasteiger partial charge in [-0.05, 0) is 62.1 Å². The van der Waals surface area contributed by atoms with Gasteiger partial charge >= 0.3 is 0 Å². The number of carbonyl (C=O) groups excluding carboxylic acids is 4. The van der Waals surface area contributed by atoms with E-state index in [0.717, 1.165) is 43.0 Å². The van der Waals surface area contributed by atoms with Crippen molar-refractivity contribution in [1.82, 2.24) is 20.5 Å². The Balaban J connectivity index is 1.40. The molecule has 1 aromatic heterocycles. The lowest BCUT2D eigenvalue weighted by Crippen LogP contribution is -2.54. The van der Waals surface area contributed by atoms with E-state index in [2.05, 4.69) is 15.6 Å². The second kappa shape index (κ2) is 11.1. The molecule has 2 saturated heterocycles. The molecule has 38 heavy (non-hydrogen) atoms. The number of fused-ring (bicyclic) bond motifs is 2. The van der Waals surface area contributed by atoms with Crippen LogP contribution in [0.25, 0.3) is 10.9 Å². The van der Waals surface area contributed by atoms with Gasteiger partial charge in [0.1, 0.15) is 24.1 Å². The Bertz CT molecular complexity index is 1230. The van der Waals surface area contributed by atoms with Crippen LogP contribution in [-0.4, -0.2) is 77.4 Å². The van der Waals surface area contributed by atoms with Gasteiger partial charge in [-0.3, -0.25) is 19.2 Å². The van der Waals surface area contributed by atoms with Gasteiger partial charge in [-0.15, -0.1) is 0 Å². The van der Waals surface area contributed by atoms with E-state index < -0.39 is 36.3 Å². The molecule has 0 spiro atoms. The van der Waals surface area contributed by atoms with E-state index in [1.165, 1.54) is 0 Å². The third-order valence-corrected chi connectivity index (χ3v) is 8.52. The van der Waals surface area contributed by atoms with E-state index in [4.69, 9.17) is 4.74 Å². The SMILES string of the molecule is COc1cccc2[nH]c(C(=O)N3CC4CCCCC4[C@@H]3C(=O)NC(CC3CCCNC3=O)C(=O)CO)cc12. The fourth-order valence-electron chi connectivity index (χ4n) is 6.58. The number of aliphatic hydroxyl groups excluding tert-OH is 1. The number of benzene rings is 1. The summed E-state index contributed by atoms with van der Waals surface area (Å²) in [6, 6.07) is 5.59. The number of Topliss-reactive ketones (excluding diaryl/α,β-unsaturated/α-hetero) is 1. The average molecular weight is 525 g/mol. The number of methoxy groups -OCH3 is 1. The number of aliphatic hydroxyl groups is 1. The van der Waals surface area contributed by atoms with E-state index in [9.17, 15) is 24.3 Å². The first-order valence-electron chi connectivity index (χ1n) is 13.6. The normalized spacial score (nSPS) is 25.9. The van der Waals surface area contributed by atoms with Gasteiger partial charge in [-0.25, -0.2) is 0 Å². The third-order valence-electron chi connectivity index (χ3n) is 8.52. The van der Waals surface area contributed by atoms with Crippen molar-refractivity contribution in [3.8, 4) is 5.75 Å².